The highest BCUT2D eigenvalue weighted by Gasteiger charge is 2.18. The highest BCUT2D eigenvalue weighted by Crippen LogP contribution is 2.38. The summed E-state index contributed by atoms with van der Waals surface area (Å²) in [7, 11) is 1.60. The van der Waals surface area contributed by atoms with E-state index in [1.807, 2.05) is 6.92 Å². The van der Waals surface area contributed by atoms with E-state index in [0.29, 0.717) is 36.3 Å². The highest BCUT2D eigenvalue weighted by atomic mass is 35.5. The van der Waals surface area contributed by atoms with Gasteiger partial charge in [-0.25, -0.2) is 0 Å². The number of benzene rings is 1. The van der Waals surface area contributed by atoms with Crippen LogP contribution in [0, 0.1) is 0 Å². The molecule has 1 N–H and O–H groups in total. The lowest BCUT2D eigenvalue weighted by molar-refractivity contribution is -0.121. The van der Waals surface area contributed by atoms with Crippen LogP contribution in [0.3, 0.4) is 0 Å². The number of nitrogens with one attached hydrogen (secondary N) is 1. The maximum Gasteiger partial charge on any atom is 0.224 e. The molecule has 0 aliphatic carbocycles. The smallest absolute Gasteiger partial charge is 0.224 e. The summed E-state index contributed by atoms with van der Waals surface area (Å²) in [5.74, 6) is 1.06. The number of hydrogen-bond donors (Lipinski definition) is 1. The Labute approximate surface area is 123 Å². The van der Waals surface area contributed by atoms with Gasteiger partial charge in [-0.1, -0.05) is 11.6 Å². The zero-order valence-corrected chi connectivity index (χ0v) is 12.3. The number of fused-ring (bicyclic) bond motifs is 1. The molecule has 0 saturated heterocycles. The third-order valence-electron chi connectivity index (χ3n) is 2.85. The Bertz CT molecular complexity index is 492. The molecule has 0 spiro atoms. The molecular weight excluding hydrogens is 282 g/mol. The number of methoxy groups -OCH3 is 1. The zero-order chi connectivity index (χ0) is 14.5. The second-order valence-corrected chi connectivity index (χ2v) is 5.11. The molecule has 5 nitrogen and oxygen atoms in total. The first-order chi connectivity index (χ1) is 9.60. The molecule has 1 amide bonds. The Morgan fingerprint density at radius 2 is 2.20 bits per heavy atom. The van der Waals surface area contributed by atoms with Crippen LogP contribution in [-0.4, -0.2) is 38.9 Å². The first-order valence-corrected chi connectivity index (χ1v) is 6.84. The number of halogens is 1. The summed E-state index contributed by atoms with van der Waals surface area (Å²) in [6.45, 7) is 3.34. The fraction of sp³-hybridized carbons (Fsp3) is 0.500. The van der Waals surface area contributed by atoms with Gasteiger partial charge in [0.2, 0.25) is 5.91 Å². The lowest BCUT2D eigenvalue weighted by Gasteiger charge is -2.20. The molecule has 0 bridgehead atoms. The summed E-state index contributed by atoms with van der Waals surface area (Å²) in [5, 5.41) is 3.32. The molecule has 1 aliphatic heterocycles. The van der Waals surface area contributed by atoms with E-state index in [1.54, 1.807) is 19.2 Å². The summed E-state index contributed by atoms with van der Waals surface area (Å²) in [6, 6.07) is 3.50. The van der Waals surface area contributed by atoms with E-state index in [1.165, 1.54) is 0 Å². The van der Waals surface area contributed by atoms with Crippen LogP contribution in [0.2, 0.25) is 5.02 Å². The van der Waals surface area contributed by atoms with Crippen molar-refractivity contribution in [1.29, 1.82) is 0 Å². The topological polar surface area (TPSA) is 56.8 Å². The van der Waals surface area contributed by atoms with E-state index in [-0.39, 0.29) is 18.4 Å². The Morgan fingerprint density at radius 1 is 1.45 bits per heavy atom. The van der Waals surface area contributed by atoms with Crippen molar-refractivity contribution in [3.8, 4) is 11.5 Å². The van der Waals surface area contributed by atoms with Gasteiger partial charge in [-0.2, -0.15) is 0 Å². The maximum absolute atomic E-state index is 11.9. The minimum absolute atomic E-state index is 0.0276. The first kappa shape index (κ1) is 14.9. The molecule has 1 heterocycles. The molecule has 1 aromatic rings. The molecule has 1 aliphatic rings. The minimum atomic E-state index is -0.0812. The summed E-state index contributed by atoms with van der Waals surface area (Å²) in [5.41, 5.74) is 0.793. The van der Waals surface area contributed by atoms with Crippen molar-refractivity contribution >= 4 is 17.5 Å². The molecule has 0 fully saturated rings. The van der Waals surface area contributed by atoms with Gasteiger partial charge < -0.3 is 19.5 Å². The number of carbonyl (C=O) groups is 1. The fourth-order valence-corrected chi connectivity index (χ4v) is 2.36. The Morgan fingerprint density at radius 3 is 2.95 bits per heavy atom. The lowest BCUT2D eigenvalue weighted by atomic mass is 10.1. The van der Waals surface area contributed by atoms with Crippen LogP contribution in [0.15, 0.2) is 12.1 Å². The number of amides is 1. The number of ether oxygens (including phenoxy) is 3. The molecular formula is C14H18ClNO4. The summed E-state index contributed by atoms with van der Waals surface area (Å²) >= 11 is 6.13. The second kappa shape index (κ2) is 6.81. The van der Waals surface area contributed by atoms with Gasteiger partial charge in [0.1, 0.15) is 13.2 Å². The molecule has 1 unspecified atom stereocenters. The third-order valence-corrected chi connectivity index (χ3v) is 3.13. The third kappa shape index (κ3) is 3.77. The summed E-state index contributed by atoms with van der Waals surface area (Å²) < 4.78 is 15.9. The average Bonchev–Trinajstić information content (AvgIpc) is 2.38. The van der Waals surface area contributed by atoms with Crippen molar-refractivity contribution in [2.75, 3.05) is 26.9 Å². The van der Waals surface area contributed by atoms with Crippen LogP contribution in [-0.2, 0) is 16.0 Å². The number of rotatable bonds is 5. The maximum atomic E-state index is 11.9. The van der Waals surface area contributed by atoms with Crippen molar-refractivity contribution in [1.82, 2.24) is 5.32 Å². The quantitative estimate of drug-likeness (QED) is 0.901. The average molecular weight is 300 g/mol. The fourth-order valence-electron chi connectivity index (χ4n) is 2.07. The Hall–Kier alpha value is -1.46. The standard InChI is InChI=1S/C14H18ClNO4/c1-9(8-18-2)16-13(17)7-10-5-11(15)14-12(6-10)19-3-4-20-14/h5-6,9H,3-4,7-8H2,1-2H3,(H,16,17). The van der Waals surface area contributed by atoms with Crippen molar-refractivity contribution in [2.45, 2.75) is 19.4 Å². The van der Waals surface area contributed by atoms with Crippen LogP contribution in [0.4, 0.5) is 0 Å². The van der Waals surface area contributed by atoms with Gasteiger partial charge in [0.25, 0.3) is 0 Å². The SMILES string of the molecule is COCC(C)NC(=O)Cc1cc(Cl)c2c(c1)OCCO2. The highest BCUT2D eigenvalue weighted by molar-refractivity contribution is 6.32. The minimum Gasteiger partial charge on any atom is -0.486 e. The van der Waals surface area contributed by atoms with Gasteiger partial charge in [-0.3, -0.25) is 4.79 Å². The molecule has 0 radical (unpaired) electrons. The summed E-state index contributed by atoms with van der Waals surface area (Å²) in [6.07, 6.45) is 0.240. The van der Waals surface area contributed by atoms with Crippen molar-refractivity contribution < 1.29 is 19.0 Å². The number of carbonyl (C=O) groups excluding carboxylic acids is 1. The van der Waals surface area contributed by atoms with Gasteiger partial charge >= 0.3 is 0 Å². The van der Waals surface area contributed by atoms with E-state index >= 15 is 0 Å². The second-order valence-electron chi connectivity index (χ2n) is 4.70. The number of hydrogen-bond acceptors (Lipinski definition) is 4. The van der Waals surface area contributed by atoms with Crippen molar-refractivity contribution in [2.24, 2.45) is 0 Å². The monoisotopic (exact) mass is 299 g/mol. The van der Waals surface area contributed by atoms with Gasteiger partial charge in [0, 0.05) is 13.2 Å². The molecule has 6 heteroatoms. The Kier molecular flexibility index (Phi) is 5.09. The molecule has 2 rings (SSSR count). The van der Waals surface area contributed by atoms with E-state index in [0.717, 1.165) is 5.56 Å². The molecule has 0 aromatic heterocycles. The Balaban J connectivity index is 2.02. The predicted molar refractivity (Wildman–Crippen MR) is 75.6 cm³/mol. The van der Waals surface area contributed by atoms with Gasteiger partial charge in [0.05, 0.1) is 18.1 Å². The van der Waals surface area contributed by atoms with Crippen LogP contribution in [0.5, 0.6) is 11.5 Å². The first-order valence-electron chi connectivity index (χ1n) is 6.46. The molecule has 0 saturated carbocycles. The van der Waals surface area contributed by atoms with E-state index in [2.05, 4.69) is 5.32 Å². The predicted octanol–water partition coefficient (Wildman–Crippen LogP) is 1.80. The van der Waals surface area contributed by atoms with Gasteiger partial charge in [-0.05, 0) is 24.6 Å². The molecule has 20 heavy (non-hydrogen) atoms. The molecule has 110 valence electrons. The van der Waals surface area contributed by atoms with E-state index in [9.17, 15) is 4.79 Å². The summed E-state index contributed by atoms with van der Waals surface area (Å²) in [4.78, 5) is 11.9. The lowest BCUT2D eigenvalue weighted by Crippen LogP contribution is -2.36. The van der Waals surface area contributed by atoms with Crippen molar-refractivity contribution in [3.05, 3.63) is 22.7 Å². The van der Waals surface area contributed by atoms with Crippen LogP contribution < -0.4 is 14.8 Å². The van der Waals surface area contributed by atoms with E-state index < -0.39 is 0 Å². The van der Waals surface area contributed by atoms with Crippen molar-refractivity contribution in [3.63, 3.8) is 0 Å². The zero-order valence-electron chi connectivity index (χ0n) is 11.6. The van der Waals surface area contributed by atoms with E-state index in [4.69, 9.17) is 25.8 Å². The normalized spacial score (nSPS) is 14.8. The van der Waals surface area contributed by atoms with Gasteiger partial charge in [-0.15, -0.1) is 0 Å². The molecule has 1 aromatic carbocycles. The van der Waals surface area contributed by atoms with Crippen LogP contribution >= 0.6 is 11.6 Å². The van der Waals surface area contributed by atoms with Crippen LogP contribution in [0.25, 0.3) is 0 Å². The van der Waals surface area contributed by atoms with Gasteiger partial charge in [0.15, 0.2) is 11.5 Å². The largest absolute Gasteiger partial charge is 0.486 e. The molecule has 1 atom stereocenters. The van der Waals surface area contributed by atoms with Crippen LogP contribution in [0.1, 0.15) is 12.5 Å².